The van der Waals surface area contributed by atoms with Crippen LogP contribution < -0.4 is 9.64 Å². The number of benzene rings is 3. The summed E-state index contributed by atoms with van der Waals surface area (Å²) < 4.78 is 59.6. The average molecular weight is 611 g/mol. The van der Waals surface area contributed by atoms with Gasteiger partial charge in [0.15, 0.2) is 6.10 Å². The molecule has 1 saturated heterocycles. The Morgan fingerprint density at radius 3 is 2.36 bits per heavy atom. The summed E-state index contributed by atoms with van der Waals surface area (Å²) in [7, 11) is 1.49. The molecule has 0 aliphatic carbocycles. The number of piperidine rings is 1. The lowest BCUT2D eigenvalue weighted by Crippen LogP contribution is -2.55. The molecule has 232 valence electrons. The number of carbonyl (C=O) groups excluding carboxylic acids is 3. The van der Waals surface area contributed by atoms with Crippen molar-refractivity contribution in [3.05, 3.63) is 95.1 Å². The van der Waals surface area contributed by atoms with Gasteiger partial charge in [0.25, 0.3) is 5.91 Å². The fourth-order valence-electron chi connectivity index (χ4n) is 6.01. The molecule has 1 fully saturated rings. The van der Waals surface area contributed by atoms with Crippen molar-refractivity contribution < 1.29 is 41.8 Å². The summed E-state index contributed by atoms with van der Waals surface area (Å²) in [6.45, 7) is 1.62. The minimum atomic E-state index is -4.70. The standard InChI is InChI=1S/C33H33F3N2O6/c1-21(39)44-30-26(23-13-15-25(42-2)16-14-23)18-27-28(33(34,35)36)11-6-12-29(27)38(31(30)40)24-10-7-17-37(19-24)32(41)43-20-22-8-4-3-5-9-22/h3-6,8-9,11-16,24,26,30H,7,10,17-20H2,1-2H3/t24-,26?,30?/m1/s1. The predicted octanol–water partition coefficient (Wildman–Crippen LogP) is 6.12. The molecular weight excluding hydrogens is 577 g/mol. The second kappa shape index (κ2) is 13.0. The summed E-state index contributed by atoms with van der Waals surface area (Å²) in [4.78, 5) is 42.5. The van der Waals surface area contributed by atoms with E-state index in [9.17, 15) is 27.6 Å². The van der Waals surface area contributed by atoms with Crippen molar-refractivity contribution in [1.82, 2.24) is 4.90 Å². The minimum absolute atomic E-state index is 0.0367. The lowest BCUT2D eigenvalue weighted by molar-refractivity contribution is -0.154. The molecule has 0 N–H and O–H groups in total. The van der Waals surface area contributed by atoms with Crippen LogP contribution in [0, 0.1) is 0 Å². The van der Waals surface area contributed by atoms with Gasteiger partial charge in [-0.1, -0.05) is 48.5 Å². The maximum Gasteiger partial charge on any atom is 0.416 e. The maximum atomic E-state index is 14.4. The first-order chi connectivity index (χ1) is 21.1. The monoisotopic (exact) mass is 610 g/mol. The van der Waals surface area contributed by atoms with E-state index in [2.05, 4.69) is 0 Å². The van der Waals surface area contributed by atoms with Crippen LogP contribution in [0.5, 0.6) is 5.75 Å². The molecule has 5 rings (SSSR count). The second-order valence-electron chi connectivity index (χ2n) is 10.9. The highest BCUT2D eigenvalue weighted by atomic mass is 19.4. The molecule has 8 nitrogen and oxygen atoms in total. The summed E-state index contributed by atoms with van der Waals surface area (Å²) >= 11 is 0. The van der Waals surface area contributed by atoms with E-state index in [4.69, 9.17) is 14.2 Å². The van der Waals surface area contributed by atoms with Crippen LogP contribution in [-0.2, 0) is 38.3 Å². The van der Waals surface area contributed by atoms with Crippen molar-refractivity contribution in [3.63, 3.8) is 0 Å². The minimum Gasteiger partial charge on any atom is -0.497 e. The molecule has 0 spiro atoms. The highest BCUT2D eigenvalue weighted by molar-refractivity contribution is 6.00. The van der Waals surface area contributed by atoms with Crippen molar-refractivity contribution in [2.45, 2.75) is 57.0 Å². The molecule has 3 aromatic carbocycles. The third-order valence-corrected chi connectivity index (χ3v) is 8.05. The molecule has 2 amide bonds. The summed E-state index contributed by atoms with van der Waals surface area (Å²) in [5.41, 5.74) is 0.462. The first-order valence-electron chi connectivity index (χ1n) is 14.4. The zero-order valence-electron chi connectivity index (χ0n) is 24.4. The van der Waals surface area contributed by atoms with E-state index in [0.717, 1.165) is 18.6 Å². The van der Waals surface area contributed by atoms with Gasteiger partial charge in [-0.05, 0) is 60.2 Å². The number of rotatable bonds is 6. The van der Waals surface area contributed by atoms with Crippen molar-refractivity contribution in [1.29, 1.82) is 0 Å². The second-order valence-corrected chi connectivity index (χ2v) is 10.9. The molecule has 2 aliphatic rings. The Morgan fingerprint density at radius 1 is 0.977 bits per heavy atom. The zero-order chi connectivity index (χ0) is 31.4. The Bertz CT molecular complexity index is 1500. The Morgan fingerprint density at radius 2 is 1.70 bits per heavy atom. The average Bonchev–Trinajstić information content (AvgIpc) is 3.13. The molecule has 0 aromatic heterocycles. The van der Waals surface area contributed by atoms with Gasteiger partial charge in [0, 0.05) is 31.6 Å². The van der Waals surface area contributed by atoms with Crippen molar-refractivity contribution in [2.75, 3.05) is 25.1 Å². The van der Waals surface area contributed by atoms with Gasteiger partial charge in [0.1, 0.15) is 12.4 Å². The lowest BCUT2D eigenvalue weighted by Gasteiger charge is -2.40. The van der Waals surface area contributed by atoms with Crippen LogP contribution >= 0.6 is 0 Å². The number of amides is 2. The molecule has 2 unspecified atom stereocenters. The van der Waals surface area contributed by atoms with Crippen LogP contribution in [0.3, 0.4) is 0 Å². The number of nitrogens with zero attached hydrogens (tertiary/aromatic N) is 2. The van der Waals surface area contributed by atoms with Crippen molar-refractivity contribution >= 4 is 23.7 Å². The normalized spacial score (nSPS) is 20.4. The Hall–Kier alpha value is -4.54. The van der Waals surface area contributed by atoms with E-state index < -0.39 is 47.8 Å². The molecule has 44 heavy (non-hydrogen) atoms. The number of esters is 1. The molecule has 2 aliphatic heterocycles. The number of halogens is 3. The van der Waals surface area contributed by atoms with Gasteiger partial charge in [-0.15, -0.1) is 0 Å². The smallest absolute Gasteiger partial charge is 0.416 e. The van der Waals surface area contributed by atoms with Gasteiger partial charge in [-0.2, -0.15) is 13.2 Å². The fourth-order valence-corrected chi connectivity index (χ4v) is 6.01. The van der Waals surface area contributed by atoms with Crippen LogP contribution in [0.2, 0.25) is 0 Å². The van der Waals surface area contributed by atoms with Gasteiger partial charge >= 0.3 is 18.2 Å². The molecule has 2 heterocycles. The molecular formula is C33H33F3N2O6. The van der Waals surface area contributed by atoms with E-state index in [-0.39, 0.29) is 30.8 Å². The van der Waals surface area contributed by atoms with E-state index in [0.29, 0.717) is 30.7 Å². The third-order valence-electron chi connectivity index (χ3n) is 8.05. The maximum absolute atomic E-state index is 14.4. The number of hydrogen-bond acceptors (Lipinski definition) is 6. The fraction of sp³-hybridized carbons (Fsp3) is 0.364. The number of carbonyl (C=O) groups is 3. The quantitative estimate of drug-likeness (QED) is 0.313. The number of alkyl halides is 3. The van der Waals surface area contributed by atoms with Gasteiger partial charge in [0.05, 0.1) is 18.7 Å². The molecule has 3 atom stereocenters. The van der Waals surface area contributed by atoms with Gasteiger partial charge in [-0.25, -0.2) is 4.79 Å². The number of fused-ring (bicyclic) bond motifs is 1. The van der Waals surface area contributed by atoms with E-state index in [1.165, 1.54) is 29.0 Å². The Kier molecular flexibility index (Phi) is 9.12. The van der Waals surface area contributed by atoms with Crippen LogP contribution in [0.4, 0.5) is 23.7 Å². The van der Waals surface area contributed by atoms with Crippen LogP contribution in [0.15, 0.2) is 72.8 Å². The van der Waals surface area contributed by atoms with E-state index >= 15 is 0 Å². The number of ether oxygens (including phenoxy) is 3. The summed E-state index contributed by atoms with van der Waals surface area (Å²) in [5, 5.41) is 0. The largest absolute Gasteiger partial charge is 0.497 e. The molecule has 0 saturated carbocycles. The SMILES string of the molecule is COc1ccc(C2Cc3c(cccc3C(F)(F)F)N([C@@H]3CCCN(C(=O)OCc4ccccc4)C3)C(=O)C2OC(C)=O)cc1. The first kappa shape index (κ1) is 30.9. The molecule has 0 radical (unpaired) electrons. The number of methoxy groups -OCH3 is 1. The van der Waals surface area contributed by atoms with Gasteiger partial charge < -0.3 is 24.0 Å². The predicted molar refractivity (Wildman–Crippen MR) is 155 cm³/mol. The number of anilines is 1. The Balaban J connectivity index is 1.53. The van der Waals surface area contributed by atoms with Crippen LogP contribution in [0.1, 0.15) is 47.9 Å². The van der Waals surface area contributed by atoms with E-state index in [1.807, 2.05) is 30.3 Å². The molecule has 11 heteroatoms. The summed E-state index contributed by atoms with van der Waals surface area (Å²) in [6.07, 6.45) is -6.00. The van der Waals surface area contributed by atoms with Crippen LogP contribution in [0.25, 0.3) is 0 Å². The summed E-state index contributed by atoms with van der Waals surface area (Å²) in [6, 6.07) is 18.8. The summed E-state index contributed by atoms with van der Waals surface area (Å²) in [5.74, 6) is -1.78. The number of likely N-dealkylation sites (tertiary alicyclic amines) is 1. The molecule has 0 bridgehead atoms. The van der Waals surface area contributed by atoms with Crippen molar-refractivity contribution in [3.8, 4) is 5.75 Å². The molecule has 3 aromatic rings. The highest BCUT2D eigenvalue weighted by Crippen LogP contribution is 2.44. The number of hydrogen-bond donors (Lipinski definition) is 0. The van der Waals surface area contributed by atoms with Gasteiger partial charge in [0.2, 0.25) is 0 Å². The van der Waals surface area contributed by atoms with E-state index in [1.54, 1.807) is 24.3 Å². The van der Waals surface area contributed by atoms with Crippen LogP contribution in [-0.4, -0.2) is 55.2 Å². The highest BCUT2D eigenvalue weighted by Gasteiger charge is 2.46. The Labute approximate surface area is 253 Å². The topological polar surface area (TPSA) is 85.4 Å². The first-order valence-corrected chi connectivity index (χ1v) is 14.4. The zero-order valence-corrected chi connectivity index (χ0v) is 24.4. The lowest BCUT2D eigenvalue weighted by atomic mass is 9.86. The van der Waals surface area contributed by atoms with Crippen molar-refractivity contribution in [2.24, 2.45) is 0 Å². The van der Waals surface area contributed by atoms with Gasteiger partial charge in [-0.3, -0.25) is 9.59 Å². The third kappa shape index (κ3) is 6.66.